The van der Waals surface area contributed by atoms with Gasteiger partial charge in [-0.3, -0.25) is 9.69 Å². The van der Waals surface area contributed by atoms with Gasteiger partial charge in [0.05, 0.1) is 29.3 Å². The van der Waals surface area contributed by atoms with Crippen LogP contribution in [0.15, 0.2) is 35.3 Å². The highest BCUT2D eigenvalue weighted by molar-refractivity contribution is 6.31. The number of hydrogen-bond acceptors (Lipinski definition) is 6. The Kier molecular flexibility index (Phi) is 4.60. The highest BCUT2D eigenvalue weighted by Gasteiger charge is 2.28. The number of H-pyrrole nitrogens is 1. The quantitative estimate of drug-likeness (QED) is 0.693. The van der Waals surface area contributed by atoms with E-state index < -0.39 is 23.5 Å². The highest BCUT2D eigenvalue weighted by atomic mass is 35.5. The normalized spacial score (nSPS) is 15.0. The van der Waals surface area contributed by atoms with Gasteiger partial charge in [0.15, 0.2) is 11.6 Å². The zero-order valence-electron chi connectivity index (χ0n) is 14.7. The number of nitrogens with zero attached hydrogens (tertiary/aromatic N) is 3. The molecule has 1 fully saturated rings. The maximum Gasteiger partial charge on any atom is 0.414 e. The number of halogens is 2. The Morgan fingerprint density at radius 3 is 2.93 bits per heavy atom. The Bertz CT molecular complexity index is 1140. The minimum atomic E-state index is -0.714. The van der Waals surface area contributed by atoms with Crippen LogP contribution in [0.1, 0.15) is 18.7 Å². The smallest absolute Gasteiger partial charge is 0.414 e. The summed E-state index contributed by atoms with van der Waals surface area (Å²) in [4.78, 5) is 36.3. The zero-order valence-corrected chi connectivity index (χ0v) is 15.5. The number of nitrogens with one attached hydrogen (secondary N) is 2. The zero-order chi connectivity index (χ0) is 19.8. The van der Waals surface area contributed by atoms with Crippen molar-refractivity contribution >= 4 is 40.2 Å². The van der Waals surface area contributed by atoms with Crippen LogP contribution in [0.2, 0.25) is 5.02 Å². The number of rotatable bonds is 4. The number of carbonyl (C=O) groups is 1. The maximum absolute atomic E-state index is 14.9. The molecule has 2 aromatic heterocycles. The van der Waals surface area contributed by atoms with Crippen molar-refractivity contribution < 1.29 is 13.9 Å². The molecule has 1 amide bonds. The Morgan fingerprint density at radius 1 is 1.36 bits per heavy atom. The van der Waals surface area contributed by atoms with Crippen LogP contribution in [-0.4, -0.2) is 34.2 Å². The molecular weight excluding hydrogens is 389 g/mol. The lowest BCUT2D eigenvalue weighted by atomic mass is 10.2. The van der Waals surface area contributed by atoms with Crippen LogP contribution < -0.4 is 15.8 Å². The average molecular weight is 404 g/mol. The number of pyridine rings is 1. The SMILES string of the molecule is C[C@H](Nc1nccc(N2CCOC2=O)c1F)c1nc2cc(Cl)ccc2[nH]c1=O. The molecule has 1 aliphatic heterocycles. The number of carbonyl (C=O) groups excluding carboxylic acids is 1. The Balaban J connectivity index is 1.66. The van der Waals surface area contributed by atoms with E-state index in [0.717, 1.165) is 0 Å². The van der Waals surface area contributed by atoms with E-state index in [0.29, 0.717) is 16.1 Å². The van der Waals surface area contributed by atoms with Gasteiger partial charge in [0.25, 0.3) is 5.56 Å². The van der Waals surface area contributed by atoms with Crippen LogP contribution in [0.25, 0.3) is 11.0 Å². The number of aromatic nitrogens is 3. The minimum absolute atomic E-state index is 0.0550. The Morgan fingerprint density at radius 2 is 2.18 bits per heavy atom. The largest absolute Gasteiger partial charge is 0.447 e. The van der Waals surface area contributed by atoms with Crippen LogP contribution in [-0.2, 0) is 4.74 Å². The lowest BCUT2D eigenvalue weighted by Gasteiger charge is -2.18. The molecule has 0 spiro atoms. The number of fused-ring (bicyclic) bond motifs is 1. The summed E-state index contributed by atoms with van der Waals surface area (Å²) in [6, 6.07) is 5.67. The van der Waals surface area contributed by atoms with Gasteiger partial charge in [0.1, 0.15) is 12.3 Å². The molecule has 4 rings (SSSR count). The summed E-state index contributed by atoms with van der Waals surface area (Å²) >= 11 is 5.98. The van der Waals surface area contributed by atoms with Crippen molar-refractivity contribution in [3.8, 4) is 0 Å². The van der Waals surface area contributed by atoms with Gasteiger partial charge in [-0.15, -0.1) is 0 Å². The first-order chi connectivity index (χ1) is 13.4. The van der Waals surface area contributed by atoms with E-state index in [1.54, 1.807) is 25.1 Å². The third-order valence-corrected chi connectivity index (χ3v) is 4.60. The summed E-state index contributed by atoms with van der Waals surface area (Å²) in [5, 5.41) is 3.33. The summed E-state index contributed by atoms with van der Waals surface area (Å²) in [5.41, 5.74) is 0.859. The molecule has 10 heteroatoms. The van der Waals surface area contributed by atoms with E-state index in [2.05, 4.69) is 20.3 Å². The third kappa shape index (κ3) is 3.24. The first-order valence-electron chi connectivity index (χ1n) is 8.49. The topological polar surface area (TPSA) is 100 Å². The van der Waals surface area contributed by atoms with Crippen LogP contribution in [0.5, 0.6) is 0 Å². The van der Waals surface area contributed by atoms with Crippen molar-refractivity contribution in [2.24, 2.45) is 0 Å². The summed E-state index contributed by atoms with van der Waals surface area (Å²) in [6.07, 6.45) is 0.755. The molecule has 1 aliphatic rings. The number of anilines is 2. The summed E-state index contributed by atoms with van der Waals surface area (Å²) in [7, 11) is 0. The average Bonchev–Trinajstić information content (AvgIpc) is 3.09. The molecule has 144 valence electrons. The molecule has 0 radical (unpaired) electrons. The fourth-order valence-electron chi connectivity index (χ4n) is 2.99. The molecule has 3 heterocycles. The van der Waals surface area contributed by atoms with Gasteiger partial charge in [-0.1, -0.05) is 11.6 Å². The standard InChI is InChI=1S/C18H15ClFN5O3/c1-9(15-17(26)24-11-3-2-10(19)8-12(11)23-15)22-16-14(20)13(4-5-21-16)25-6-7-28-18(25)27/h2-5,8-9H,6-7H2,1H3,(H,21,22)(H,24,26)/t9-/m0/s1. The van der Waals surface area contributed by atoms with E-state index in [1.807, 2.05) is 0 Å². The number of amides is 1. The summed E-state index contributed by atoms with van der Waals surface area (Å²) in [6.45, 7) is 2.10. The van der Waals surface area contributed by atoms with Crippen molar-refractivity contribution in [3.05, 3.63) is 57.3 Å². The van der Waals surface area contributed by atoms with Crippen LogP contribution in [0.3, 0.4) is 0 Å². The monoisotopic (exact) mass is 403 g/mol. The van der Waals surface area contributed by atoms with Gasteiger partial charge in [0.2, 0.25) is 0 Å². The van der Waals surface area contributed by atoms with E-state index in [1.165, 1.54) is 17.2 Å². The van der Waals surface area contributed by atoms with Gasteiger partial charge in [-0.2, -0.15) is 0 Å². The Labute approximate surface area is 163 Å². The van der Waals surface area contributed by atoms with Crippen molar-refractivity contribution in [2.75, 3.05) is 23.4 Å². The molecule has 1 aromatic carbocycles. The molecule has 0 aliphatic carbocycles. The van der Waals surface area contributed by atoms with Gasteiger partial charge in [-0.25, -0.2) is 19.2 Å². The number of hydrogen-bond donors (Lipinski definition) is 2. The van der Waals surface area contributed by atoms with Crippen molar-refractivity contribution in [2.45, 2.75) is 13.0 Å². The van der Waals surface area contributed by atoms with E-state index in [9.17, 15) is 14.0 Å². The summed E-state index contributed by atoms with van der Waals surface area (Å²) in [5.74, 6) is -0.814. The lowest BCUT2D eigenvalue weighted by Crippen LogP contribution is -2.26. The van der Waals surface area contributed by atoms with E-state index >= 15 is 0 Å². The number of cyclic esters (lactones) is 1. The van der Waals surface area contributed by atoms with Crippen molar-refractivity contribution in [1.29, 1.82) is 0 Å². The Hall–Kier alpha value is -3.20. The molecule has 28 heavy (non-hydrogen) atoms. The van der Waals surface area contributed by atoms with Gasteiger partial charge < -0.3 is 15.0 Å². The predicted octanol–water partition coefficient (Wildman–Crippen LogP) is 3.24. The van der Waals surface area contributed by atoms with Crippen molar-refractivity contribution in [3.63, 3.8) is 0 Å². The highest BCUT2D eigenvalue weighted by Crippen LogP contribution is 2.28. The first-order valence-corrected chi connectivity index (χ1v) is 8.86. The summed E-state index contributed by atoms with van der Waals surface area (Å²) < 4.78 is 19.7. The molecule has 1 saturated heterocycles. The molecular formula is C18H15ClFN5O3. The third-order valence-electron chi connectivity index (χ3n) is 4.37. The minimum Gasteiger partial charge on any atom is -0.447 e. The maximum atomic E-state index is 14.9. The number of ether oxygens (including phenoxy) is 1. The van der Waals surface area contributed by atoms with Gasteiger partial charge in [0, 0.05) is 11.2 Å². The second-order valence-corrected chi connectivity index (χ2v) is 6.67. The van der Waals surface area contributed by atoms with Gasteiger partial charge >= 0.3 is 6.09 Å². The fraction of sp³-hybridized carbons (Fsp3) is 0.222. The molecule has 1 atom stereocenters. The van der Waals surface area contributed by atoms with Crippen LogP contribution in [0, 0.1) is 5.82 Å². The molecule has 2 N–H and O–H groups in total. The van der Waals surface area contributed by atoms with Crippen LogP contribution >= 0.6 is 11.6 Å². The molecule has 0 unspecified atom stereocenters. The number of benzene rings is 1. The van der Waals surface area contributed by atoms with Crippen molar-refractivity contribution in [1.82, 2.24) is 15.0 Å². The molecule has 0 bridgehead atoms. The second kappa shape index (κ2) is 7.08. The molecule has 8 nitrogen and oxygen atoms in total. The van der Waals surface area contributed by atoms with E-state index in [4.69, 9.17) is 16.3 Å². The van der Waals surface area contributed by atoms with Gasteiger partial charge in [-0.05, 0) is 31.2 Å². The molecule has 3 aromatic rings. The fourth-order valence-corrected chi connectivity index (χ4v) is 3.16. The van der Waals surface area contributed by atoms with E-state index in [-0.39, 0.29) is 30.4 Å². The predicted molar refractivity (Wildman–Crippen MR) is 102 cm³/mol. The molecule has 0 saturated carbocycles. The van der Waals surface area contributed by atoms with Crippen LogP contribution in [0.4, 0.5) is 20.7 Å². The number of aromatic amines is 1. The first kappa shape index (κ1) is 18.2. The second-order valence-electron chi connectivity index (χ2n) is 6.24. The lowest BCUT2D eigenvalue weighted by molar-refractivity contribution is 0.181.